The second kappa shape index (κ2) is 10.9. The van der Waals surface area contributed by atoms with Crippen molar-refractivity contribution < 1.29 is 14.6 Å². The summed E-state index contributed by atoms with van der Waals surface area (Å²) in [6, 6.07) is 18.5. The molecule has 0 amide bonds. The molecular formula is C28H25ClN6O3. The molecule has 5 rings (SSSR count). The van der Waals surface area contributed by atoms with E-state index in [1.54, 1.807) is 18.3 Å². The number of nitrogens with zero attached hydrogens (tertiary/aromatic N) is 3. The average Bonchev–Trinajstić information content (AvgIpc) is 3.35. The molecule has 0 spiro atoms. The second-order valence-electron chi connectivity index (χ2n) is 8.64. The number of nitrogens with one attached hydrogen (secondary N) is 2. The van der Waals surface area contributed by atoms with E-state index in [0.29, 0.717) is 37.0 Å². The van der Waals surface area contributed by atoms with Gasteiger partial charge in [-0.05, 0) is 55.5 Å². The number of aromatic amines is 1. The van der Waals surface area contributed by atoms with Crippen molar-refractivity contribution in [1.82, 2.24) is 19.9 Å². The molecule has 9 nitrogen and oxygen atoms in total. The summed E-state index contributed by atoms with van der Waals surface area (Å²) in [5.74, 6) is 0.216. The lowest BCUT2D eigenvalue weighted by atomic mass is 10.1. The fraction of sp³-hybridized carbons (Fsp3) is 0.143. The van der Waals surface area contributed by atoms with Gasteiger partial charge in [-0.1, -0.05) is 23.7 Å². The highest BCUT2D eigenvalue weighted by Crippen LogP contribution is 2.32. The number of rotatable bonds is 9. The molecule has 0 bridgehead atoms. The topological polar surface area (TPSA) is 139 Å². The summed E-state index contributed by atoms with van der Waals surface area (Å²) < 4.78 is 5.65. The van der Waals surface area contributed by atoms with Crippen LogP contribution in [0.3, 0.4) is 0 Å². The molecule has 5 N–H and O–H groups in total. The molecule has 3 aromatic heterocycles. The fourth-order valence-corrected chi connectivity index (χ4v) is 4.28. The second-order valence-corrected chi connectivity index (χ2v) is 9.05. The Morgan fingerprint density at radius 1 is 1.13 bits per heavy atom. The number of hydrogen-bond donors (Lipinski definition) is 4. The molecular weight excluding hydrogens is 504 g/mol. The quantitative estimate of drug-likeness (QED) is 0.202. The standard InChI is InChI=1S/C28H25ClN6O3/c1-16-3-2-4-24(33-16)27-26(17-5-8-23-18(11-17)12-20(14-32-23)38-10-9-30)34-25(35-27)15-31-19-6-7-22(29)21(13-19)28(36)37/h2-8,11-14,31H,9-10,15,30H2,1H3,(H,34,35)(H,36,37). The minimum Gasteiger partial charge on any atom is -0.491 e. The van der Waals surface area contributed by atoms with Crippen LogP contribution in [-0.4, -0.2) is 44.2 Å². The number of anilines is 1. The zero-order valence-electron chi connectivity index (χ0n) is 20.5. The predicted molar refractivity (Wildman–Crippen MR) is 148 cm³/mol. The summed E-state index contributed by atoms with van der Waals surface area (Å²) in [5, 5.41) is 13.7. The van der Waals surface area contributed by atoms with Crippen molar-refractivity contribution in [1.29, 1.82) is 0 Å². The summed E-state index contributed by atoms with van der Waals surface area (Å²) in [6.45, 7) is 3.09. The van der Waals surface area contributed by atoms with Crippen LogP contribution in [0.25, 0.3) is 33.5 Å². The Morgan fingerprint density at radius 2 is 2.00 bits per heavy atom. The van der Waals surface area contributed by atoms with Crippen LogP contribution < -0.4 is 15.8 Å². The molecule has 2 aromatic carbocycles. The Labute approximate surface area is 223 Å². The Morgan fingerprint density at radius 3 is 2.79 bits per heavy atom. The highest BCUT2D eigenvalue weighted by molar-refractivity contribution is 6.33. The molecule has 0 atom stereocenters. The van der Waals surface area contributed by atoms with E-state index in [4.69, 9.17) is 32.0 Å². The average molecular weight is 529 g/mol. The first kappa shape index (κ1) is 25.2. The van der Waals surface area contributed by atoms with Crippen LogP contribution in [0, 0.1) is 6.92 Å². The minimum atomic E-state index is -1.09. The molecule has 0 aliphatic rings. The van der Waals surface area contributed by atoms with Crippen LogP contribution in [0.4, 0.5) is 5.69 Å². The minimum absolute atomic E-state index is 0.0287. The zero-order valence-corrected chi connectivity index (χ0v) is 21.3. The van der Waals surface area contributed by atoms with E-state index in [0.717, 1.165) is 39.2 Å². The van der Waals surface area contributed by atoms with Gasteiger partial charge in [0.05, 0.1) is 45.9 Å². The van der Waals surface area contributed by atoms with E-state index in [-0.39, 0.29) is 10.6 Å². The number of pyridine rings is 2. The van der Waals surface area contributed by atoms with E-state index in [1.807, 2.05) is 49.4 Å². The van der Waals surface area contributed by atoms with Crippen LogP contribution in [0.15, 0.2) is 66.9 Å². The predicted octanol–water partition coefficient (Wildman–Crippen LogP) is 5.30. The number of H-pyrrole nitrogens is 1. The summed E-state index contributed by atoms with van der Waals surface area (Å²) in [5.41, 5.74) is 11.1. The molecule has 0 aliphatic carbocycles. The lowest BCUT2D eigenvalue weighted by molar-refractivity contribution is 0.0697. The highest BCUT2D eigenvalue weighted by atomic mass is 35.5. The first-order valence-electron chi connectivity index (χ1n) is 11.9. The first-order chi connectivity index (χ1) is 18.4. The number of imidazole rings is 1. The molecule has 0 fully saturated rings. The number of aryl methyl sites for hydroxylation is 1. The summed E-state index contributed by atoms with van der Waals surface area (Å²) in [6.07, 6.45) is 1.69. The molecule has 192 valence electrons. The first-order valence-corrected chi connectivity index (χ1v) is 12.3. The molecule has 0 radical (unpaired) electrons. The molecule has 0 aliphatic heterocycles. The van der Waals surface area contributed by atoms with Crippen molar-refractivity contribution in [3.05, 3.63) is 89.0 Å². The number of aromatic nitrogens is 4. The summed E-state index contributed by atoms with van der Waals surface area (Å²) >= 11 is 6.01. The maximum absolute atomic E-state index is 11.4. The number of ether oxygens (including phenoxy) is 1. The van der Waals surface area contributed by atoms with Crippen molar-refractivity contribution in [2.24, 2.45) is 5.73 Å². The molecule has 0 saturated carbocycles. The third-order valence-electron chi connectivity index (χ3n) is 5.87. The van der Waals surface area contributed by atoms with E-state index in [9.17, 15) is 9.90 Å². The van der Waals surface area contributed by atoms with Crippen LogP contribution in [0.1, 0.15) is 21.9 Å². The molecule has 10 heteroatoms. The fourth-order valence-electron chi connectivity index (χ4n) is 4.08. The molecule has 5 aromatic rings. The molecule has 38 heavy (non-hydrogen) atoms. The van der Waals surface area contributed by atoms with E-state index < -0.39 is 5.97 Å². The van der Waals surface area contributed by atoms with Crippen molar-refractivity contribution in [3.63, 3.8) is 0 Å². The number of carboxylic acid groups (broad SMARTS) is 1. The number of hydrogen-bond acceptors (Lipinski definition) is 7. The number of carboxylic acids is 1. The third kappa shape index (κ3) is 5.44. The van der Waals surface area contributed by atoms with E-state index in [1.165, 1.54) is 6.07 Å². The molecule has 0 saturated heterocycles. The SMILES string of the molecule is Cc1cccc(-c2[nH]c(CNc3ccc(Cl)c(C(=O)O)c3)nc2-c2ccc3ncc(OCCN)cc3c2)n1. The number of aromatic carboxylic acids is 1. The Kier molecular flexibility index (Phi) is 7.21. The summed E-state index contributed by atoms with van der Waals surface area (Å²) in [4.78, 5) is 28.9. The van der Waals surface area contributed by atoms with Gasteiger partial charge < -0.3 is 25.9 Å². The maximum atomic E-state index is 11.4. The van der Waals surface area contributed by atoms with E-state index in [2.05, 4.69) is 15.3 Å². The van der Waals surface area contributed by atoms with Gasteiger partial charge >= 0.3 is 5.97 Å². The van der Waals surface area contributed by atoms with E-state index >= 15 is 0 Å². The lowest BCUT2D eigenvalue weighted by Gasteiger charge is -2.07. The van der Waals surface area contributed by atoms with Gasteiger partial charge in [-0.25, -0.2) is 9.78 Å². The van der Waals surface area contributed by atoms with Gasteiger partial charge in [-0.15, -0.1) is 0 Å². The normalized spacial score (nSPS) is 11.0. The Bertz CT molecular complexity index is 1630. The van der Waals surface area contributed by atoms with Gasteiger partial charge in [0.25, 0.3) is 0 Å². The van der Waals surface area contributed by atoms with Gasteiger partial charge in [-0.2, -0.15) is 0 Å². The van der Waals surface area contributed by atoms with Gasteiger partial charge in [0, 0.05) is 28.9 Å². The van der Waals surface area contributed by atoms with Crippen molar-refractivity contribution >= 4 is 34.2 Å². The van der Waals surface area contributed by atoms with Gasteiger partial charge in [-0.3, -0.25) is 9.97 Å². The Balaban J connectivity index is 1.51. The number of carbonyl (C=O) groups is 1. The third-order valence-corrected chi connectivity index (χ3v) is 6.20. The van der Waals surface area contributed by atoms with Crippen molar-refractivity contribution in [3.8, 4) is 28.4 Å². The van der Waals surface area contributed by atoms with Crippen LogP contribution >= 0.6 is 11.6 Å². The van der Waals surface area contributed by atoms with Crippen LogP contribution in [-0.2, 0) is 6.54 Å². The van der Waals surface area contributed by atoms with Crippen molar-refractivity contribution in [2.75, 3.05) is 18.5 Å². The molecule has 0 unspecified atom stereocenters. The number of benzene rings is 2. The monoisotopic (exact) mass is 528 g/mol. The Hall–Kier alpha value is -4.47. The number of halogens is 1. The van der Waals surface area contributed by atoms with Crippen molar-refractivity contribution in [2.45, 2.75) is 13.5 Å². The smallest absolute Gasteiger partial charge is 0.337 e. The highest BCUT2D eigenvalue weighted by Gasteiger charge is 2.17. The van der Waals surface area contributed by atoms with Gasteiger partial charge in [0.1, 0.15) is 18.2 Å². The lowest BCUT2D eigenvalue weighted by Crippen LogP contribution is -2.10. The van der Waals surface area contributed by atoms with Crippen LogP contribution in [0.5, 0.6) is 5.75 Å². The largest absolute Gasteiger partial charge is 0.491 e. The van der Waals surface area contributed by atoms with Gasteiger partial charge in [0.15, 0.2) is 0 Å². The van der Waals surface area contributed by atoms with Crippen LogP contribution in [0.2, 0.25) is 5.02 Å². The zero-order chi connectivity index (χ0) is 26.6. The molecule has 3 heterocycles. The number of nitrogens with two attached hydrogens (primary N) is 1. The maximum Gasteiger partial charge on any atom is 0.337 e. The summed E-state index contributed by atoms with van der Waals surface area (Å²) in [7, 11) is 0. The number of fused-ring (bicyclic) bond motifs is 1. The van der Waals surface area contributed by atoms with Gasteiger partial charge in [0.2, 0.25) is 0 Å².